The third kappa shape index (κ3) is 1.39. The van der Waals surface area contributed by atoms with Crippen molar-refractivity contribution in [1.29, 1.82) is 0 Å². The van der Waals surface area contributed by atoms with E-state index in [1.807, 2.05) is 6.92 Å². The summed E-state index contributed by atoms with van der Waals surface area (Å²) in [5, 5.41) is 0. The molecule has 0 heterocycles. The van der Waals surface area contributed by atoms with E-state index in [9.17, 15) is 4.39 Å². The van der Waals surface area contributed by atoms with Crippen LogP contribution in [-0.4, -0.2) is 30.4 Å². The van der Waals surface area contributed by atoms with Gasteiger partial charge in [0.1, 0.15) is 12.2 Å². The van der Waals surface area contributed by atoms with Crippen molar-refractivity contribution in [2.75, 3.05) is 14.1 Å². The van der Waals surface area contributed by atoms with Gasteiger partial charge in [-0.25, -0.2) is 9.38 Å². The largest absolute Gasteiger partial charge is 0.387 e. The normalized spacial score (nSPS) is 38.3. The van der Waals surface area contributed by atoms with Crippen molar-refractivity contribution in [2.24, 2.45) is 16.1 Å². The van der Waals surface area contributed by atoms with Crippen molar-refractivity contribution in [3.8, 4) is 0 Å². The molecule has 0 atom stereocenters. The summed E-state index contributed by atoms with van der Waals surface area (Å²) < 4.78 is 12.4. The molecule has 3 saturated carbocycles. The van der Waals surface area contributed by atoms with Crippen LogP contribution >= 0.6 is 0 Å². The Morgan fingerprint density at radius 1 is 1.44 bits per heavy atom. The van der Waals surface area contributed by atoms with E-state index >= 15 is 0 Å². The zero-order chi connectivity index (χ0) is 12.0. The van der Waals surface area contributed by atoms with Gasteiger partial charge < -0.3 is 10.6 Å². The monoisotopic (exact) mass is 225 g/mol. The molecular formula is C12H20FN3. The Morgan fingerprint density at radius 2 is 2.00 bits per heavy atom. The molecule has 2 bridgehead atoms. The Hall–Kier alpha value is -0.900. The summed E-state index contributed by atoms with van der Waals surface area (Å²) in [7, 11) is 4.21. The van der Waals surface area contributed by atoms with E-state index in [4.69, 9.17) is 5.73 Å². The maximum atomic E-state index is 12.4. The zero-order valence-corrected chi connectivity index (χ0v) is 10.3. The van der Waals surface area contributed by atoms with Crippen molar-refractivity contribution in [2.45, 2.75) is 38.1 Å². The smallest absolute Gasteiger partial charge is 0.108 e. The van der Waals surface area contributed by atoms with Crippen molar-refractivity contribution in [3.05, 3.63) is 12.0 Å². The SMILES string of the molecule is CC/C(=C/F)N=C(N)C12CC(N(C)C)(C1)C2. The number of aliphatic imine (C=N–C) groups is 1. The first-order valence-electron chi connectivity index (χ1n) is 5.79. The highest BCUT2D eigenvalue weighted by Crippen LogP contribution is 2.69. The van der Waals surface area contributed by atoms with Crippen LogP contribution in [0.1, 0.15) is 32.6 Å². The Balaban J connectivity index is 2.03. The molecule has 0 unspecified atom stereocenters. The van der Waals surface area contributed by atoms with Gasteiger partial charge in [0.25, 0.3) is 0 Å². The van der Waals surface area contributed by atoms with Gasteiger partial charge in [-0.1, -0.05) is 6.92 Å². The lowest BCUT2D eigenvalue weighted by atomic mass is 9.38. The van der Waals surface area contributed by atoms with E-state index in [1.165, 1.54) is 0 Å². The number of nitrogens with two attached hydrogens (primary N) is 1. The summed E-state index contributed by atoms with van der Waals surface area (Å²) in [6.07, 6.45) is 4.37. The number of allylic oxidation sites excluding steroid dienone is 1. The molecule has 3 aliphatic rings. The topological polar surface area (TPSA) is 41.6 Å². The van der Waals surface area contributed by atoms with Crippen LogP contribution in [0.15, 0.2) is 17.0 Å². The molecule has 2 N–H and O–H groups in total. The minimum Gasteiger partial charge on any atom is -0.387 e. The lowest BCUT2D eigenvalue weighted by Crippen LogP contribution is -2.76. The fraction of sp³-hybridized carbons (Fsp3) is 0.750. The first-order chi connectivity index (χ1) is 7.48. The van der Waals surface area contributed by atoms with Gasteiger partial charge in [0, 0.05) is 11.0 Å². The molecule has 90 valence electrons. The summed E-state index contributed by atoms with van der Waals surface area (Å²) in [5.41, 5.74) is 6.86. The summed E-state index contributed by atoms with van der Waals surface area (Å²) in [5.74, 6) is 0.627. The molecule has 3 aliphatic carbocycles. The highest BCUT2D eigenvalue weighted by atomic mass is 19.1. The van der Waals surface area contributed by atoms with Crippen molar-refractivity contribution in [1.82, 2.24) is 4.90 Å². The molecule has 0 aromatic rings. The van der Waals surface area contributed by atoms with E-state index in [0.717, 1.165) is 19.3 Å². The number of halogens is 1. The molecule has 3 rings (SSSR count). The van der Waals surface area contributed by atoms with E-state index < -0.39 is 0 Å². The lowest BCUT2D eigenvalue weighted by molar-refractivity contribution is -0.162. The Labute approximate surface area is 96.2 Å². The average molecular weight is 225 g/mol. The van der Waals surface area contributed by atoms with Crippen LogP contribution in [0.4, 0.5) is 4.39 Å². The predicted octanol–water partition coefficient (Wildman–Crippen LogP) is 2.05. The number of hydrogen-bond donors (Lipinski definition) is 1. The minimum atomic E-state index is 0.0771. The van der Waals surface area contributed by atoms with Gasteiger partial charge in [-0.15, -0.1) is 0 Å². The van der Waals surface area contributed by atoms with E-state index in [0.29, 0.717) is 29.8 Å². The minimum absolute atomic E-state index is 0.0771. The average Bonchev–Trinajstić information content (AvgIpc) is 2.08. The van der Waals surface area contributed by atoms with E-state index in [-0.39, 0.29) is 5.41 Å². The molecule has 3 nitrogen and oxygen atoms in total. The van der Waals surface area contributed by atoms with Gasteiger partial charge in [-0.3, -0.25) is 0 Å². The zero-order valence-electron chi connectivity index (χ0n) is 10.3. The summed E-state index contributed by atoms with van der Waals surface area (Å²) in [4.78, 5) is 6.47. The van der Waals surface area contributed by atoms with Gasteiger partial charge in [0.05, 0.1) is 5.70 Å². The first kappa shape index (κ1) is 11.6. The summed E-state index contributed by atoms with van der Waals surface area (Å²) in [6.45, 7) is 1.88. The van der Waals surface area contributed by atoms with Crippen LogP contribution in [0.25, 0.3) is 0 Å². The molecule has 0 aromatic heterocycles. The second kappa shape index (κ2) is 3.55. The third-order valence-electron chi connectivity index (χ3n) is 4.25. The summed E-state index contributed by atoms with van der Waals surface area (Å²) in [6, 6.07) is 0. The molecule has 3 fully saturated rings. The Bertz CT molecular complexity index is 338. The molecule has 0 saturated heterocycles. The Kier molecular flexibility index (Phi) is 2.57. The molecule has 0 aliphatic heterocycles. The van der Waals surface area contributed by atoms with Crippen LogP contribution in [0, 0.1) is 5.41 Å². The molecule has 0 aromatic carbocycles. The van der Waals surface area contributed by atoms with Crippen LogP contribution in [-0.2, 0) is 0 Å². The fourth-order valence-electron chi connectivity index (χ4n) is 2.93. The second-order valence-electron chi connectivity index (χ2n) is 5.38. The van der Waals surface area contributed by atoms with Gasteiger partial charge in [0.15, 0.2) is 0 Å². The molecule has 0 amide bonds. The lowest BCUT2D eigenvalue weighted by Gasteiger charge is -2.72. The molecular weight excluding hydrogens is 205 g/mol. The van der Waals surface area contributed by atoms with E-state index in [1.54, 1.807) is 0 Å². The first-order valence-corrected chi connectivity index (χ1v) is 5.79. The van der Waals surface area contributed by atoms with Crippen molar-refractivity contribution >= 4 is 5.84 Å². The van der Waals surface area contributed by atoms with Gasteiger partial charge in [0.2, 0.25) is 0 Å². The van der Waals surface area contributed by atoms with Gasteiger partial charge >= 0.3 is 0 Å². The van der Waals surface area contributed by atoms with Crippen molar-refractivity contribution in [3.63, 3.8) is 0 Å². The van der Waals surface area contributed by atoms with Crippen LogP contribution in [0.2, 0.25) is 0 Å². The molecule has 0 radical (unpaired) electrons. The van der Waals surface area contributed by atoms with Crippen molar-refractivity contribution < 1.29 is 4.39 Å². The molecule has 4 heteroatoms. The maximum absolute atomic E-state index is 12.4. The number of nitrogens with zero attached hydrogens (tertiary/aromatic N) is 2. The number of rotatable bonds is 4. The fourth-order valence-corrected chi connectivity index (χ4v) is 2.93. The van der Waals surface area contributed by atoms with Crippen LogP contribution in [0.5, 0.6) is 0 Å². The second-order valence-corrected chi connectivity index (χ2v) is 5.38. The molecule has 16 heavy (non-hydrogen) atoms. The third-order valence-corrected chi connectivity index (χ3v) is 4.25. The highest BCUT2D eigenvalue weighted by Gasteiger charge is 2.70. The van der Waals surface area contributed by atoms with Crippen LogP contribution < -0.4 is 5.73 Å². The number of amidine groups is 1. The van der Waals surface area contributed by atoms with E-state index in [2.05, 4.69) is 24.0 Å². The van der Waals surface area contributed by atoms with Gasteiger partial charge in [-0.2, -0.15) is 0 Å². The standard InChI is InChI=1S/C12H20FN3/c1-4-9(5-13)15-10(14)11-6-12(7-11,8-11)16(2)3/h5H,4,6-8H2,1-3H3,(H2,14,15)/b9-5-. The predicted molar refractivity (Wildman–Crippen MR) is 63.8 cm³/mol. The quantitative estimate of drug-likeness (QED) is 0.587. The number of hydrogen-bond acceptors (Lipinski definition) is 2. The maximum Gasteiger partial charge on any atom is 0.108 e. The van der Waals surface area contributed by atoms with Gasteiger partial charge in [-0.05, 0) is 39.8 Å². The highest BCUT2D eigenvalue weighted by molar-refractivity contribution is 5.91. The Morgan fingerprint density at radius 3 is 2.38 bits per heavy atom. The van der Waals surface area contributed by atoms with Crippen LogP contribution in [0.3, 0.4) is 0 Å². The summed E-state index contributed by atoms with van der Waals surface area (Å²) >= 11 is 0. The molecule has 0 spiro atoms.